The van der Waals surface area contributed by atoms with E-state index in [0.717, 1.165) is 18.3 Å². The van der Waals surface area contributed by atoms with Crippen LogP contribution in [-0.4, -0.2) is 13.0 Å². The Morgan fingerprint density at radius 2 is 2.00 bits per heavy atom. The minimum Gasteiger partial charge on any atom is -0.359 e. The molecule has 0 aliphatic rings. The zero-order valence-corrected chi connectivity index (χ0v) is 10.3. The van der Waals surface area contributed by atoms with Crippen molar-refractivity contribution in [3.8, 4) is 12.1 Å². The molecular formula is C10H6ClN3O3S. The summed E-state index contributed by atoms with van der Waals surface area (Å²) in [5.74, 6) is 0. The molecule has 0 heterocycles. The fraction of sp³-hybridized carbons (Fsp3) is 0. The SMILES string of the molecule is N#CC(C#N)=CNc1cc(S(=O)(=O)O)ccc1Cl. The van der Waals surface area contributed by atoms with Crippen molar-refractivity contribution >= 4 is 27.4 Å². The Hall–Kier alpha value is -2.06. The van der Waals surface area contributed by atoms with Crippen molar-refractivity contribution in [2.75, 3.05) is 5.32 Å². The molecule has 0 aliphatic carbocycles. The van der Waals surface area contributed by atoms with Gasteiger partial charge in [-0.05, 0) is 18.2 Å². The second kappa shape index (κ2) is 5.52. The molecule has 0 radical (unpaired) electrons. The molecule has 6 nitrogen and oxygen atoms in total. The minimum absolute atomic E-state index is 0.148. The quantitative estimate of drug-likeness (QED) is 0.647. The molecule has 1 aromatic carbocycles. The summed E-state index contributed by atoms with van der Waals surface area (Å²) in [6.45, 7) is 0. The van der Waals surface area contributed by atoms with Crippen LogP contribution in [0.5, 0.6) is 0 Å². The van der Waals surface area contributed by atoms with Crippen molar-refractivity contribution in [2.24, 2.45) is 0 Å². The first-order valence-electron chi connectivity index (χ1n) is 4.42. The van der Waals surface area contributed by atoms with E-state index in [1.165, 1.54) is 6.07 Å². The fourth-order valence-corrected chi connectivity index (χ4v) is 1.69. The predicted molar refractivity (Wildman–Crippen MR) is 64.2 cm³/mol. The van der Waals surface area contributed by atoms with Crippen LogP contribution >= 0.6 is 11.6 Å². The van der Waals surface area contributed by atoms with Gasteiger partial charge in [-0.1, -0.05) is 11.6 Å². The van der Waals surface area contributed by atoms with Crippen LogP contribution in [0.15, 0.2) is 34.9 Å². The van der Waals surface area contributed by atoms with Gasteiger partial charge in [0.1, 0.15) is 17.7 Å². The van der Waals surface area contributed by atoms with Gasteiger partial charge in [0.25, 0.3) is 10.1 Å². The largest absolute Gasteiger partial charge is 0.359 e. The smallest absolute Gasteiger partial charge is 0.294 e. The molecule has 0 atom stereocenters. The molecule has 18 heavy (non-hydrogen) atoms. The molecule has 0 bridgehead atoms. The summed E-state index contributed by atoms with van der Waals surface area (Å²) in [5, 5.41) is 19.7. The summed E-state index contributed by atoms with van der Waals surface area (Å²) in [7, 11) is -4.34. The lowest BCUT2D eigenvalue weighted by molar-refractivity contribution is 0.483. The molecular weight excluding hydrogens is 278 g/mol. The third-order valence-corrected chi connectivity index (χ3v) is 3.03. The molecule has 0 saturated heterocycles. The van der Waals surface area contributed by atoms with Crippen LogP contribution in [0.4, 0.5) is 5.69 Å². The summed E-state index contributed by atoms with van der Waals surface area (Å²) in [5.41, 5.74) is -0.0573. The van der Waals surface area contributed by atoms with E-state index in [-0.39, 0.29) is 21.2 Å². The Morgan fingerprint density at radius 1 is 1.39 bits per heavy atom. The Kier molecular flexibility index (Phi) is 4.29. The van der Waals surface area contributed by atoms with Crippen molar-refractivity contribution in [1.29, 1.82) is 10.5 Å². The first kappa shape index (κ1) is 14.0. The lowest BCUT2D eigenvalue weighted by atomic mass is 10.3. The second-order valence-electron chi connectivity index (χ2n) is 3.04. The zero-order valence-electron chi connectivity index (χ0n) is 8.75. The molecule has 92 valence electrons. The van der Waals surface area contributed by atoms with E-state index in [0.29, 0.717) is 0 Å². The van der Waals surface area contributed by atoms with Gasteiger partial charge in [0.15, 0.2) is 0 Å². The number of allylic oxidation sites excluding steroid dienone is 1. The van der Waals surface area contributed by atoms with Gasteiger partial charge in [0.05, 0.1) is 15.6 Å². The highest BCUT2D eigenvalue weighted by molar-refractivity contribution is 7.85. The molecule has 0 aliphatic heterocycles. The summed E-state index contributed by atoms with van der Waals surface area (Å²) >= 11 is 5.78. The Balaban J connectivity index is 3.16. The predicted octanol–water partition coefficient (Wildman–Crippen LogP) is 1.93. The van der Waals surface area contributed by atoms with E-state index in [1.54, 1.807) is 12.1 Å². The van der Waals surface area contributed by atoms with Crippen molar-refractivity contribution in [1.82, 2.24) is 0 Å². The van der Waals surface area contributed by atoms with E-state index >= 15 is 0 Å². The van der Waals surface area contributed by atoms with E-state index in [1.807, 2.05) is 0 Å². The van der Waals surface area contributed by atoms with Gasteiger partial charge in [-0.25, -0.2) is 0 Å². The topological polar surface area (TPSA) is 114 Å². The summed E-state index contributed by atoms with van der Waals surface area (Å²) in [6, 6.07) is 6.70. The number of nitriles is 2. The molecule has 0 saturated carbocycles. The van der Waals surface area contributed by atoms with Crippen LogP contribution in [0.3, 0.4) is 0 Å². The lowest BCUT2D eigenvalue weighted by Crippen LogP contribution is -1.99. The van der Waals surface area contributed by atoms with Gasteiger partial charge in [-0.2, -0.15) is 18.9 Å². The summed E-state index contributed by atoms with van der Waals surface area (Å²) < 4.78 is 30.7. The minimum atomic E-state index is -4.34. The van der Waals surface area contributed by atoms with Crippen molar-refractivity contribution in [3.63, 3.8) is 0 Å². The normalized spacial score (nSPS) is 10.0. The first-order chi connectivity index (χ1) is 8.38. The van der Waals surface area contributed by atoms with Crippen LogP contribution in [0.2, 0.25) is 5.02 Å². The van der Waals surface area contributed by atoms with Crippen LogP contribution in [-0.2, 0) is 10.1 Å². The number of nitrogens with zero attached hydrogens (tertiary/aromatic N) is 2. The molecule has 1 aromatic rings. The average Bonchev–Trinajstić information content (AvgIpc) is 2.31. The molecule has 8 heteroatoms. The summed E-state index contributed by atoms with van der Waals surface area (Å²) in [6.07, 6.45) is 1.08. The molecule has 0 unspecified atom stereocenters. The molecule has 1 rings (SSSR count). The zero-order chi connectivity index (χ0) is 13.8. The maximum absolute atomic E-state index is 10.9. The molecule has 0 fully saturated rings. The number of benzene rings is 1. The maximum Gasteiger partial charge on any atom is 0.294 e. The summed E-state index contributed by atoms with van der Waals surface area (Å²) in [4.78, 5) is -0.349. The van der Waals surface area contributed by atoms with Gasteiger partial charge in [0, 0.05) is 6.20 Å². The Bertz CT molecular complexity index is 667. The highest BCUT2D eigenvalue weighted by Crippen LogP contribution is 2.25. The number of hydrogen-bond donors (Lipinski definition) is 2. The van der Waals surface area contributed by atoms with Gasteiger partial charge in [-0.3, -0.25) is 4.55 Å². The number of rotatable bonds is 3. The fourth-order valence-electron chi connectivity index (χ4n) is 1.01. The maximum atomic E-state index is 10.9. The number of nitrogens with one attached hydrogen (secondary N) is 1. The van der Waals surface area contributed by atoms with Crippen molar-refractivity contribution < 1.29 is 13.0 Å². The Morgan fingerprint density at radius 3 is 2.50 bits per heavy atom. The van der Waals surface area contributed by atoms with Crippen molar-refractivity contribution in [3.05, 3.63) is 35.0 Å². The van der Waals surface area contributed by atoms with E-state index in [4.69, 9.17) is 26.7 Å². The van der Waals surface area contributed by atoms with Gasteiger partial charge in [0.2, 0.25) is 0 Å². The second-order valence-corrected chi connectivity index (χ2v) is 4.87. The van der Waals surface area contributed by atoms with Crippen LogP contribution in [0.25, 0.3) is 0 Å². The van der Waals surface area contributed by atoms with Gasteiger partial charge < -0.3 is 5.32 Å². The Labute approximate surface area is 108 Å². The first-order valence-corrected chi connectivity index (χ1v) is 6.24. The van der Waals surface area contributed by atoms with Crippen LogP contribution in [0.1, 0.15) is 0 Å². The monoisotopic (exact) mass is 283 g/mol. The third kappa shape index (κ3) is 3.47. The standard InChI is InChI=1S/C10H6ClN3O3S/c11-9-2-1-8(18(15,16)17)3-10(9)14-6-7(4-12)5-13/h1-3,6,14H,(H,15,16,17). The highest BCUT2D eigenvalue weighted by Gasteiger charge is 2.11. The number of halogens is 1. The lowest BCUT2D eigenvalue weighted by Gasteiger charge is -2.05. The molecule has 0 aromatic heterocycles. The third-order valence-electron chi connectivity index (χ3n) is 1.85. The highest BCUT2D eigenvalue weighted by atomic mass is 35.5. The van der Waals surface area contributed by atoms with E-state index in [9.17, 15) is 8.42 Å². The van der Waals surface area contributed by atoms with E-state index in [2.05, 4.69) is 5.32 Å². The average molecular weight is 284 g/mol. The number of anilines is 1. The number of hydrogen-bond acceptors (Lipinski definition) is 5. The molecule has 0 amide bonds. The molecule has 0 spiro atoms. The van der Waals surface area contributed by atoms with E-state index < -0.39 is 10.1 Å². The van der Waals surface area contributed by atoms with Crippen molar-refractivity contribution in [2.45, 2.75) is 4.90 Å². The van der Waals surface area contributed by atoms with Gasteiger partial charge >= 0.3 is 0 Å². The van der Waals surface area contributed by atoms with Crippen LogP contribution < -0.4 is 5.32 Å². The van der Waals surface area contributed by atoms with Crippen LogP contribution in [0, 0.1) is 22.7 Å². The molecule has 2 N–H and O–H groups in total. The van der Waals surface area contributed by atoms with Gasteiger partial charge in [-0.15, -0.1) is 0 Å².